The molecule has 1 aliphatic heterocycles. The number of aliphatic hydroxyl groups is 1. The lowest BCUT2D eigenvalue weighted by Gasteiger charge is -2.52. The first-order chi connectivity index (χ1) is 16.3. The highest BCUT2D eigenvalue weighted by Crippen LogP contribution is 2.50. The quantitative estimate of drug-likeness (QED) is 0.467. The second-order valence-electron chi connectivity index (χ2n) is 9.09. The molecule has 182 valence electrons. The summed E-state index contributed by atoms with van der Waals surface area (Å²) in [6, 6.07) is 11.4. The summed E-state index contributed by atoms with van der Waals surface area (Å²) >= 11 is 0. The number of hydrogen-bond acceptors (Lipinski definition) is 7. The van der Waals surface area contributed by atoms with Crippen LogP contribution in [-0.4, -0.2) is 53.7 Å². The van der Waals surface area contributed by atoms with Gasteiger partial charge in [0.25, 0.3) is 5.69 Å². The standard InChI is InChI=1S/C25H31N3O6/c1-33-21-11-6-17(15-22(21)34-2)24-20-5-3-4-12-25(20,30)13-14-27(24)16-23(29)26-18-7-9-19(10-8-18)28(31)32/h6-11,15,20,24,30H,3-5,12-14,16H2,1-2H3,(H,26,29)/t20-,24-,25-/m1/s1. The van der Waals surface area contributed by atoms with E-state index < -0.39 is 10.5 Å². The van der Waals surface area contributed by atoms with Crippen molar-refractivity contribution < 1.29 is 24.3 Å². The van der Waals surface area contributed by atoms with E-state index in [0.29, 0.717) is 30.2 Å². The zero-order chi connectivity index (χ0) is 24.3. The molecule has 1 saturated carbocycles. The van der Waals surface area contributed by atoms with E-state index in [0.717, 1.165) is 31.2 Å². The Balaban J connectivity index is 1.58. The molecule has 4 rings (SSSR count). The molecule has 0 radical (unpaired) electrons. The van der Waals surface area contributed by atoms with Gasteiger partial charge in [0, 0.05) is 36.3 Å². The number of ether oxygens (including phenoxy) is 2. The van der Waals surface area contributed by atoms with Crippen molar-refractivity contribution in [3.05, 3.63) is 58.1 Å². The molecule has 1 aliphatic carbocycles. The zero-order valence-electron chi connectivity index (χ0n) is 19.5. The molecule has 1 saturated heterocycles. The Morgan fingerprint density at radius 2 is 1.88 bits per heavy atom. The molecule has 2 aromatic rings. The van der Waals surface area contributed by atoms with Gasteiger partial charge in [-0.25, -0.2) is 0 Å². The third-order valence-corrected chi connectivity index (χ3v) is 7.13. The topological polar surface area (TPSA) is 114 Å². The molecule has 1 heterocycles. The monoisotopic (exact) mass is 469 g/mol. The lowest BCUT2D eigenvalue weighted by atomic mass is 9.66. The predicted molar refractivity (Wildman–Crippen MR) is 127 cm³/mol. The summed E-state index contributed by atoms with van der Waals surface area (Å²) in [5, 5.41) is 25.2. The number of non-ortho nitro benzene ring substituents is 1. The number of fused-ring (bicyclic) bond motifs is 1. The number of nitro benzene ring substituents is 1. The van der Waals surface area contributed by atoms with Crippen LogP contribution < -0.4 is 14.8 Å². The molecular weight excluding hydrogens is 438 g/mol. The number of rotatable bonds is 7. The highest BCUT2D eigenvalue weighted by Gasteiger charge is 2.49. The number of likely N-dealkylation sites (tertiary alicyclic amines) is 1. The largest absolute Gasteiger partial charge is 0.493 e. The summed E-state index contributed by atoms with van der Waals surface area (Å²) in [5.74, 6) is 1.03. The van der Waals surface area contributed by atoms with Gasteiger partial charge in [-0.15, -0.1) is 0 Å². The molecule has 34 heavy (non-hydrogen) atoms. The van der Waals surface area contributed by atoms with Gasteiger partial charge in [-0.1, -0.05) is 18.9 Å². The van der Waals surface area contributed by atoms with Crippen molar-refractivity contribution in [3.8, 4) is 11.5 Å². The van der Waals surface area contributed by atoms with E-state index in [-0.39, 0.29) is 30.1 Å². The van der Waals surface area contributed by atoms with Gasteiger partial charge < -0.3 is 19.9 Å². The molecule has 0 bridgehead atoms. The number of nitrogens with one attached hydrogen (secondary N) is 1. The van der Waals surface area contributed by atoms with Crippen molar-refractivity contribution in [2.45, 2.75) is 43.7 Å². The maximum Gasteiger partial charge on any atom is 0.269 e. The maximum atomic E-state index is 12.9. The second-order valence-corrected chi connectivity index (χ2v) is 9.09. The van der Waals surface area contributed by atoms with Crippen molar-refractivity contribution in [1.82, 2.24) is 4.90 Å². The predicted octanol–water partition coefficient (Wildman–Crippen LogP) is 3.92. The summed E-state index contributed by atoms with van der Waals surface area (Å²) in [6.07, 6.45) is 4.32. The average molecular weight is 470 g/mol. The van der Waals surface area contributed by atoms with Gasteiger partial charge in [-0.05, 0) is 49.1 Å². The molecule has 0 aromatic heterocycles. The third-order valence-electron chi connectivity index (χ3n) is 7.13. The number of anilines is 1. The highest BCUT2D eigenvalue weighted by atomic mass is 16.6. The molecule has 2 aliphatic rings. The smallest absolute Gasteiger partial charge is 0.269 e. The molecule has 0 spiro atoms. The Morgan fingerprint density at radius 1 is 1.15 bits per heavy atom. The molecule has 9 nitrogen and oxygen atoms in total. The summed E-state index contributed by atoms with van der Waals surface area (Å²) in [7, 11) is 3.18. The van der Waals surface area contributed by atoms with Crippen LogP contribution in [0.25, 0.3) is 0 Å². The van der Waals surface area contributed by atoms with Crippen LogP contribution in [0.2, 0.25) is 0 Å². The third kappa shape index (κ3) is 4.85. The van der Waals surface area contributed by atoms with Crippen molar-refractivity contribution in [1.29, 1.82) is 0 Å². The van der Waals surface area contributed by atoms with Crippen LogP contribution in [0.4, 0.5) is 11.4 Å². The Bertz CT molecular complexity index is 1040. The molecule has 2 N–H and O–H groups in total. The maximum absolute atomic E-state index is 12.9. The van der Waals surface area contributed by atoms with Crippen molar-refractivity contribution >= 4 is 17.3 Å². The number of hydrogen-bond donors (Lipinski definition) is 2. The first kappa shape index (κ1) is 24.0. The van der Waals surface area contributed by atoms with Crippen molar-refractivity contribution in [2.24, 2.45) is 5.92 Å². The van der Waals surface area contributed by atoms with Crippen LogP contribution in [-0.2, 0) is 4.79 Å². The van der Waals surface area contributed by atoms with Crippen LogP contribution in [0.1, 0.15) is 43.7 Å². The van der Waals surface area contributed by atoms with E-state index in [1.165, 1.54) is 24.3 Å². The Morgan fingerprint density at radius 3 is 2.56 bits per heavy atom. The number of nitrogens with zero attached hydrogens (tertiary/aromatic N) is 2. The summed E-state index contributed by atoms with van der Waals surface area (Å²) in [6.45, 7) is 0.724. The minimum absolute atomic E-state index is 0.000255. The number of amides is 1. The molecular formula is C25H31N3O6. The van der Waals surface area contributed by atoms with Crippen LogP contribution in [0.5, 0.6) is 11.5 Å². The van der Waals surface area contributed by atoms with Crippen LogP contribution >= 0.6 is 0 Å². The van der Waals surface area contributed by atoms with Gasteiger partial charge >= 0.3 is 0 Å². The first-order valence-electron chi connectivity index (χ1n) is 11.6. The van der Waals surface area contributed by atoms with E-state index in [2.05, 4.69) is 10.2 Å². The molecule has 2 fully saturated rings. The van der Waals surface area contributed by atoms with E-state index >= 15 is 0 Å². The zero-order valence-corrected chi connectivity index (χ0v) is 19.5. The molecule has 0 unspecified atom stereocenters. The Kier molecular flexibility index (Phi) is 7.04. The van der Waals surface area contributed by atoms with Gasteiger partial charge in [0.05, 0.1) is 31.3 Å². The van der Waals surface area contributed by atoms with Gasteiger partial charge in [0.15, 0.2) is 11.5 Å². The van der Waals surface area contributed by atoms with Gasteiger partial charge in [0.2, 0.25) is 5.91 Å². The van der Waals surface area contributed by atoms with E-state index in [4.69, 9.17) is 9.47 Å². The molecule has 3 atom stereocenters. The summed E-state index contributed by atoms with van der Waals surface area (Å²) in [5.41, 5.74) is 0.705. The van der Waals surface area contributed by atoms with Crippen molar-refractivity contribution in [2.75, 3.05) is 32.6 Å². The van der Waals surface area contributed by atoms with Crippen LogP contribution in [0.3, 0.4) is 0 Å². The Hall–Kier alpha value is -3.17. The minimum atomic E-state index is -0.749. The fraction of sp³-hybridized carbons (Fsp3) is 0.480. The second kappa shape index (κ2) is 9.99. The Labute approximate surface area is 198 Å². The van der Waals surface area contributed by atoms with E-state index in [1.54, 1.807) is 14.2 Å². The van der Waals surface area contributed by atoms with Crippen LogP contribution in [0, 0.1) is 16.0 Å². The number of nitro groups is 1. The van der Waals surface area contributed by atoms with E-state index in [9.17, 15) is 20.0 Å². The number of piperidine rings is 1. The lowest BCUT2D eigenvalue weighted by Crippen LogP contribution is -2.56. The van der Waals surface area contributed by atoms with Gasteiger partial charge in [-0.2, -0.15) is 0 Å². The normalized spacial score (nSPS) is 24.7. The van der Waals surface area contributed by atoms with Crippen LogP contribution in [0.15, 0.2) is 42.5 Å². The highest BCUT2D eigenvalue weighted by molar-refractivity contribution is 5.92. The minimum Gasteiger partial charge on any atom is -0.493 e. The SMILES string of the molecule is COc1ccc([C@@H]2[C@H]3CCCC[C@@]3(O)CCN2CC(=O)Nc2ccc([N+](=O)[O-])cc2)cc1OC. The number of benzene rings is 2. The molecule has 2 aromatic carbocycles. The summed E-state index contributed by atoms with van der Waals surface area (Å²) in [4.78, 5) is 25.5. The van der Waals surface area contributed by atoms with Crippen molar-refractivity contribution in [3.63, 3.8) is 0 Å². The number of carbonyl (C=O) groups is 1. The van der Waals surface area contributed by atoms with E-state index in [1.807, 2.05) is 18.2 Å². The fourth-order valence-corrected chi connectivity index (χ4v) is 5.45. The number of carbonyl (C=O) groups excluding carboxylic acids is 1. The lowest BCUT2D eigenvalue weighted by molar-refractivity contribution is -0.384. The average Bonchev–Trinajstić information content (AvgIpc) is 2.84. The van der Waals surface area contributed by atoms with Gasteiger partial charge in [-0.3, -0.25) is 19.8 Å². The fourth-order valence-electron chi connectivity index (χ4n) is 5.45. The molecule has 9 heteroatoms. The van der Waals surface area contributed by atoms with Gasteiger partial charge in [0.1, 0.15) is 0 Å². The first-order valence-corrected chi connectivity index (χ1v) is 11.6. The summed E-state index contributed by atoms with van der Waals surface area (Å²) < 4.78 is 10.9. The number of methoxy groups -OCH3 is 2. The molecule has 1 amide bonds.